The molecule has 0 radical (unpaired) electrons. The van der Waals surface area contributed by atoms with Gasteiger partial charge in [-0.25, -0.2) is 13.1 Å². The Hall–Kier alpha value is -1.57. The molecule has 0 aliphatic rings. The van der Waals surface area contributed by atoms with E-state index in [0.29, 0.717) is 19.8 Å². The topological polar surface area (TPSA) is 93.4 Å². The normalized spacial score (nSPS) is 11.3. The molecule has 0 fully saturated rings. The van der Waals surface area contributed by atoms with Gasteiger partial charge in [-0.1, -0.05) is 12.2 Å². The summed E-state index contributed by atoms with van der Waals surface area (Å²) < 4.78 is 30.9. The highest BCUT2D eigenvalue weighted by Gasteiger charge is 2.14. The predicted molar refractivity (Wildman–Crippen MR) is 81.2 cm³/mol. The molecule has 0 aromatic heterocycles. The third-order valence-corrected chi connectivity index (χ3v) is 3.98. The number of sulfonamides is 1. The number of anilines is 2. The highest BCUT2D eigenvalue weighted by atomic mass is 32.2. The Balaban J connectivity index is 2.58. The van der Waals surface area contributed by atoms with E-state index in [1.54, 1.807) is 12.1 Å². The van der Waals surface area contributed by atoms with Crippen LogP contribution in [0.25, 0.3) is 0 Å². The Kier molecular flexibility index (Phi) is 6.00. The molecule has 0 saturated carbocycles. The molecule has 0 heterocycles. The first-order valence-corrected chi connectivity index (χ1v) is 7.64. The fraction of sp³-hybridized carbons (Fsp3) is 0.385. The number of nitrogens with one attached hydrogen (secondary N) is 2. The molecule has 0 unspecified atom stereocenters. The standard InChI is InChI=1S/C13H21N3O3S/c1-10(2)9-19-7-6-16-11-4-5-13(12(14)8-11)20(17,18)15-3/h4-5,8,15-16H,1,6-7,9,14H2,2-3H3. The number of rotatable bonds is 8. The zero-order valence-corrected chi connectivity index (χ0v) is 12.6. The molecule has 0 amide bonds. The van der Waals surface area contributed by atoms with Crippen molar-refractivity contribution in [3.63, 3.8) is 0 Å². The van der Waals surface area contributed by atoms with Crippen LogP contribution in [0.4, 0.5) is 11.4 Å². The van der Waals surface area contributed by atoms with Crippen LogP contribution in [0.15, 0.2) is 35.2 Å². The van der Waals surface area contributed by atoms with Crippen LogP contribution in [-0.4, -0.2) is 35.2 Å². The van der Waals surface area contributed by atoms with Crippen molar-refractivity contribution < 1.29 is 13.2 Å². The SMILES string of the molecule is C=C(C)COCCNc1ccc(S(=O)(=O)NC)c(N)c1. The van der Waals surface area contributed by atoms with E-state index in [9.17, 15) is 8.42 Å². The maximum absolute atomic E-state index is 11.7. The van der Waals surface area contributed by atoms with Crippen molar-refractivity contribution in [2.24, 2.45) is 0 Å². The lowest BCUT2D eigenvalue weighted by atomic mass is 10.3. The van der Waals surface area contributed by atoms with E-state index in [1.807, 2.05) is 6.92 Å². The lowest BCUT2D eigenvalue weighted by molar-refractivity contribution is 0.167. The van der Waals surface area contributed by atoms with Gasteiger partial charge in [-0.05, 0) is 32.2 Å². The lowest BCUT2D eigenvalue weighted by Gasteiger charge is -2.10. The van der Waals surface area contributed by atoms with Gasteiger partial charge in [0, 0.05) is 12.2 Å². The van der Waals surface area contributed by atoms with Crippen LogP contribution in [0.5, 0.6) is 0 Å². The van der Waals surface area contributed by atoms with Crippen molar-refractivity contribution in [3.8, 4) is 0 Å². The molecule has 20 heavy (non-hydrogen) atoms. The van der Waals surface area contributed by atoms with E-state index in [-0.39, 0.29) is 10.6 Å². The average molecular weight is 299 g/mol. The summed E-state index contributed by atoms with van der Waals surface area (Å²) in [5, 5.41) is 3.11. The van der Waals surface area contributed by atoms with Gasteiger partial charge in [-0.15, -0.1) is 0 Å². The highest BCUT2D eigenvalue weighted by molar-refractivity contribution is 7.89. The molecule has 7 heteroatoms. The van der Waals surface area contributed by atoms with E-state index >= 15 is 0 Å². The summed E-state index contributed by atoms with van der Waals surface area (Å²) in [4.78, 5) is 0.0732. The molecule has 6 nitrogen and oxygen atoms in total. The summed E-state index contributed by atoms with van der Waals surface area (Å²) in [5.74, 6) is 0. The van der Waals surface area contributed by atoms with Crippen LogP contribution >= 0.6 is 0 Å². The van der Waals surface area contributed by atoms with Crippen molar-refractivity contribution in [1.29, 1.82) is 0 Å². The molecule has 0 saturated heterocycles. The van der Waals surface area contributed by atoms with Crippen molar-refractivity contribution in [2.45, 2.75) is 11.8 Å². The van der Waals surface area contributed by atoms with Gasteiger partial charge in [0.15, 0.2) is 0 Å². The number of nitrogen functional groups attached to an aromatic ring is 1. The maximum atomic E-state index is 11.7. The molecule has 112 valence electrons. The van der Waals surface area contributed by atoms with E-state index in [0.717, 1.165) is 11.3 Å². The van der Waals surface area contributed by atoms with Gasteiger partial charge in [-0.3, -0.25) is 0 Å². The number of nitrogens with two attached hydrogens (primary N) is 1. The number of ether oxygens (including phenoxy) is 1. The summed E-state index contributed by atoms with van der Waals surface area (Å²) in [6, 6.07) is 4.72. The van der Waals surface area contributed by atoms with E-state index in [1.165, 1.54) is 13.1 Å². The van der Waals surface area contributed by atoms with Crippen LogP contribution in [0.3, 0.4) is 0 Å². The third-order valence-electron chi connectivity index (χ3n) is 2.49. The van der Waals surface area contributed by atoms with Crippen molar-refractivity contribution in [3.05, 3.63) is 30.4 Å². The van der Waals surface area contributed by atoms with E-state index in [2.05, 4.69) is 16.6 Å². The molecule has 1 rings (SSSR count). The maximum Gasteiger partial charge on any atom is 0.242 e. The Morgan fingerprint density at radius 2 is 2.15 bits per heavy atom. The van der Waals surface area contributed by atoms with E-state index in [4.69, 9.17) is 10.5 Å². The van der Waals surface area contributed by atoms with Gasteiger partial charge in [0.05, 0.1) is 18.9 Å². The molecule has 1 aromatic rings. The second-order valence-corrected chi connectivity index (χ2v) is 6.25. The summed E-state index contributed by atoms with van der Waals surface area (Å²) in [5.41, 5.74) is 7.67. The number of hydrogen-bond acceptors (Lipinski definition) is 5. The first kappa shape index (κ1) is 16.5. The average Bonchev–Trinajstić information content (AvgIpc) is 2.37. The summed E-state index contributed by atoms with van der Waals surface area (Å²) in [7, 11) is -2.17. The highest BCUT2D eigenvalue weighted by Crippen LogP contribution is 2.21. The molecule has 0 aliphatic carbocycles. The smallest absolute Gasteiger partial charge is 0.242 e. The van der Waals surface area contributed by atoms with Gasteiger partial charge in [0.1, 0.15) is 4.90 Å². The molecule has 0 atom stereocenters. The zero-order valence-electron chi connectivity index (χ0n) is 11.8. The van der Waals surface area contributed by atoms with Crippen LogP contribution in [-0.2, 0) is 14.8 Å². The first-order chi connectivity index (χ1) is 9.36. The van der Waals surface area contributed by atoms with Gasteiger partial charge >= 0.3 is 0 Å². The van der Waals surface area contributed by atoms with Crippen molar-refractivity contribution >= 4 is 21.4 Å². The van der Waals surface area contributed by atoms with Crippen LogP contribution in [0.2, 0.25) is 0 Å². The second-order valence-electron chi connectivity index (χ2n) is 4.40. The second kappa shape index (κ2) is 7.28. The Labute approximate surface area is 120 Å². The lowest BCUT2D eigenvalue weighted by Crippen LogP contribution is -2.20. The molecule has 4 N–H and O–H groups in total. The largest absolute Gasteiger partial charge is 0.398 e. The Morgan fingerprint density at radius 3 is 2.70 bits per heavy atom. The number of hydrogen-bond donors (Lipinski definition) is 3. The quantitative estimate of drug-likeness (QED) is 0.381. The Bertz CT molecular complexity index is 570. The minimum atomic E-state index is -3.52. The molecule has 0 bridgehead atoms. The summed E-state index contributed by atoms with van der Waals surface area (Å²) in [6.07, 6.45) is 0. The Morgan fingerprint density at radius 1 is 1.45 bits per heavy atom. The first-order valence-electron chi connectivity index (χ1n) is 6.16. The molecule has 1 aromatic carbocycles. The van der Waals surface area contributed by atoms with E-state index < -0.39 is 10.0 Å². The van der Waals surface area contributed by atoms with Gasteiger partial charge in [0.2, 0.25) is 10.0 Å². The van der Waals surface area contributed by atoms with Crippen LogP contribution in [0, 0.1) is 0 Å². The molecule has 0 aliphatic heterocycles. The van der Waals surface area contributed by atoms with Crippen LogP contribution < -0.4 is 15.8 Å². The minimum Gasteiger partial charge on any atom is -0.398 e. The van der Waals surface area contributed by atoms with Gasteiger partial charge in [0.25, 0.3) is 0 Å². The molecular weight excluding hydrogens is 278 g/mol. The molecular formula is C13H21N3O3S. The third kappa shape index (κ3) is 4.84. The number of benzene rings is 1. The summed E-state index contributed by atoms with van der Waals surface area (Å²) in [6.45, 7) is 7.30. The fourth-order valence-corrected chi connectivity index (χ4v) is 2.36. The molecule has 0 spiro atoms. The van der Waals surface area contributed by atoms with Crippen molar-refractivity contribution in [1.82, 2.24) is 4.72 Å². The monoisotopic (exact) mass is 299 g/mol. The summed E-state index contributed by atoms with van der Waals surface area (Å²) >= 11 is 0. The zero-order chi connectivity index (χ0) is 15.2. The minimum absolute atomic E-state index is 0.0732. The fourth-order valence-electron chi connectivity index (χ4n) is 1.53. The van der Waals surface area contributed by atoms with Crippen LogP contribution in [0.1, 0.15) is 6.92 Å². The van der Waals surface area contributed by atoms with Gasteiger partial charge < -0.3 is 15.8 Å². The van der Waals surface area contributed by atoms with Crippen molar-refractivity contribution in [2.75, 3.05) is 37.9 Å². The predicted octanol–water partition coefficient (Wildman–Crippen LogP) is 1.18. The van der Waals surface area contributed by atoms with Gasteiger partial charge in [-0.2, -0.15) is 0 Å².